The molecule has 0 saturated carbocycles. The fourth-order valence-corrected chi connectivity index (χ4v) is 2.78. The van der Waals surface area contributed by atoms with Gasteiger partial charge in [0.2, 0.25) is 5.88 Å². The van der Waals surface area contributed by atoms with E-state index in [1.807, 2.05) is 12.1 Å². The van der Waals surface area contributed by atoms with Gasteiger partial charge in [-0.15, -0.1) is 0 Å². The second kappa shape index (κ2) is 8.10. The normalized spacial score (nSPS) is 13.2. The molecule has 0 bridgehead atoms. The molecule has 148 valence electrons. The number of ether oxygens (including phenoxy) is 2. The van der Waals surface area contributed by atoms with Crippen LogP contribution in [-0.2, 0) is 19.0 Å². The zero-order chi connectivity index (χ0) is 20.2. The van der Waals surface area contributed by atoms with Gasteiger partial charge in [0.15, 0.2) is 0 Å². The van der Waals surface area contributed by atoms with Crippen molar-refractivity contribution in [3.05, 3.63) is 35.9 Å². The van der Waals surface area contributed by atoms with E-state index in [1.165, 1.54) is 7.11 Å². The largest absolute Gasteiger partial charge is 0.481 e. The minimum Gasteiger partial charge on any atom is -0.481 e. The fraction of sp³-hybridized carbons (Fsp3) is 0.444. The number of benzene rings is 1. The molecule has 0 aliphatic carbocycles. The van der Waals surface area contributed by atoms with Crippen molar-refractivity contribution < 1.29 is 26.9 Å². The van der Waals surface area contributed by atoms with Crippen molar-refractivity contribution in [1.82, 2.24) is 10.3 Å². The van der Waals surface area contributed by atoms with Crippen LogP contribution in [0.1, 0.15) is 32.4 Å². The van der Waals surface area contributed by atoms with Crippen LogP contribution < -0.4 is 10.1 Å². The maximum Gasteiger partial charge on any atom is 0.408 e. The highest BCUT2D eigenvalue weighted by molar-refractivity contribution is 7.85. The zero-order valence-corrected chi connectivity index (χ0v) is 16.8. The van der Waals surface area contributed by atoms with Crippen molar-refractivity contribution in [2.45, 2.75) is 32.4 Å². The van der Waals surface area contributed by atoms with Gasteiger partial charge in [0.1, 0.15) is 5.60 Å². The van der Waals surface area contributed by atoms with Crippen LogP contribution >= 0.6 is 0 Å². The number of carbonyl (C=O) groups is 1. The summed E-state index contributed by atoms with van der Waals surface area (Å²) in [4.78, 5) is 16.7. The number of methoxy groups -OCH3 is 1. The van der Waals surface area contributed by atoms with E-state index in [1.54, 1.807) is 39.0 Å². The van der Waals surface area contributed by atoms with Gasteiger partial charge in [-0.25, -0.2) is 9.78 Å². The number of nitrogens with one attached hydrogen (secondary N) is 1. The lowest BCUT2D eigenvalue weighted by Gasteiger charge is -2.24. The molecule has 1 N–H and O–H groups in total. The summed E-state index contributed by atoms with van der Waals surface area (Å²) < 4.78 is 38.3. The highest BCUT2D eigenvalue weighted by Crippen LogP contribution is 2.26. The Hall–Kier alpha value is -2.39. The molecule has 0 aliphatic heterocycles. The SMILES string of the molecule is COc1ccc2cccc(C(COS(C)(=O)=O)NC(=O)OC(C)(C)C)c2n1. The monoisotopic (exact) mass is 396 g/mol. The molecule has 1 aromatic carbocycles. The van der Waals surface area contributed by atoms with E-state index in [-0.39, 0.29) is 6.61 Å². The number of pyridine rings is 1. The molecule has 0 saturated heterocycles. The quantitative estimate of drug-likeness (QED) is 0.749. The molecule has 9 heteroatoms. The predicted octanol–water partition coefficient (Wildman–Crippen LogP) is 2.79. The first kappa shape index (κ1) is 20.9. The summed E-state index contributed by atoms with van der Waals surface area (Å²) in [6, 6.07) is 8.13. The Kier molecular flexibility index (Phi) is 6.27. The van der Waals surface area contributed by atoms with Gasteiger partial charge < -0.3 is 14.8 Å². The summed E-state index contributed by atoms with van der Waals surface area (Å²) >= 11 is 0. The van der Waals surface area contributed by atoms with Crippen molar-refractivity contribution in [2.75, 3.05) is 20.0 Å². The number of hydrogen-bond acceptors (Lipinski definition) is 7. The molecule has 1 heterocycles. The Labute approximate surface area is 159 Å². The lowest BCUT2D eigenvalue weighted by molar-refractivity contribution is 0.0488. The number of rotatable bonds is 6. The average Bonchev–Trinajstić information content (AvgIpc) is 2.55. The third kappa shape index (κ3) is 6.37. The van der Waals surface area contributed by atoms with Gasteiger partial charge in [-0.05, 0) is 26.8 Å². The Morgan fingerprint density at radius 3 is 2.52 bits per heavy atom. The van der Waals surface area contributed by atoms with Crippen molar-refractivity contribution in [3.63, 3.8) is 0 Å². The molecule has 0 radical (unpaired) electrons. The summed E-state index contributed by atoms with van der Waals surface area (Å²) in [5.74, 6) is 0.398. The standard InChI is InChI=1S/C18H24N2O6S/c1-18(2,3)26-17(21)19-14(11-25-27(5,22)23)13-8-6-7-12-9-10-15(24-4)20-16(12)13/h6-10,14H,11H2,1-5H3,(H,19,21). The summed E-state index contributed by atoms with van der Waals surface area (Å²) in [6.45, 7) is 4.91. The van der Waals surface area contributed by atoms with Crippen molar-refractivity contribution >= 4 is 27.1 Å². The van der Waals surface area contributed by atoms with E-state index < -0.39 is 27.9 Å². The van der Waals surface area contributed by atoms with Crippen LogP contribution in [0.2, 0.25) is 0 Å². The highest BCUT2D eigenvalue weighted by Gasteiger charge is 2.24. The first-order valence-electron chi connectivity index (χ1n) is 8.26. The second-order valence-corrected chi connectivity index (χ2v) is 8.60. The number of aromatic nitrogens is 1. The first-order chi connectivity index (χ1) is 12.5. The molecular formula is C18H24N2O6S. The minimum absolute atomic E-state index is 0.296. The maximum absolute atomic E-state index is 12.2. The Bertz CT molecular complexity index is 921. The minimum atomic E-state index is -3.70. The average molecular weight is 396 g/mol. The van der Waals surface area contributed by atoms with E-state index in [0.29, 0.717) is 17.0 Å². The topological polar surface area (TPSA) is 104 Å². The van der Waals surface area contributed by atoms with Crippen LogP contribution in [0.3, 0.4) is 0 Å². The van der Waals surface area contributed by atoms with Gasteiger partial charge in [0.25, 0.3) is 10.1 Å². The molecule has 1 atom stereocenters. The molecule has 1 aromatic heterocycles. The molecule has 0 aliphatic rings. The Balaban J connectivity index is 2.42. The van der Waals surface area contributed by atoms with Gasteiger partial charge in [0.05, 0.1) is 31.5 Å². The van der Waals surface area contributed by atoms with Crippen molar-refractivity contribution in [3.8, 4) is 5.88 Å². The molecule has 8 nitrogen and oxygen atoms in total. The van der Waals surface area contributed by atoms with E-state index in [4.69, 9.17) is 13.7 Å². The zero-order valence-electron chi connectivity index (χ0n) is 16.0. The van der Waals surface area contributed by atoms with Crippen LogP contribution in [0, 0.1) is 0 Å². The summed E-state index contributed by atoms with van der Waals surface area (Å²) in [6.07, 6.45) is 0.256. The summed E-state index contributed by atoms with van der Waals surface area (Å²) in [5, 5.41) is 3.47. The summed E-state index contributed by atoms with van der Waals surface area (Å²) in [7, 11) is -2.20. The maximum atomic E-state index is 12.2. The van der Waals surface area contributed by atoms with Crippen LogP contribution in [0.5, 0.6) is 5.88 Å². The lowest BCUT2D eigenvalue weighted by atomic mass is 10.0. The van der Waals surface area contributed by atoms with Gasteiger partial charge in [-0.2, -0.15) is 8.42 Å². The van der Waals surface area contributed by atoms with E-state index in [0.717, 1.165) is 11.6 Å². The van der Waals surface area contributed by atoms with Crippen molar-refractivity contribution in [1.29, 1.82) is 0 Å². The molecule has 1 unspecified atom stereocenters. The Morgan fingerprint density at radius 1 is 1.22 bits per heavy atom. The molecule has 0 fully saturated rings. The van der Waals surface area contributed by atoms with E-state index in [2.05, 4.69) is 10.3 Å². The first-order valence-corrected chi connectivity index (χ1v) is 10.1. The van der Waals surface area contributed by atoms with Gasteiger partial charge >= 0.3 is 6.09 Å². The number of para-hydroxylation sites is 1. The fourth-order valence-electron chi connectivity index (χ4n) is 2.40. The molecule has 2 rings (SSSR count). The van der Waals surface area contributed by atoms with Crippen LogP contribution in [0.25, 0.3) is 10.9 Å². The number of amides is 1. The number of alkyl carbamates (subject to hydrolysis) is 1. The van der Waals surface area contributed by atoms with Crippen LogP contribution in [-0.4, -0.2) is 45.1 Å². The third-order valence-corrected chi connectivity index (χ3v) is 4.01. The predicted molar refractivity (Wildman–Crippen MR) is 101 cm³/mol. The van der Waals surface area contributed by atoms with E-state index >= 15 is 0 Å². The Morgan fingerprint density at radius 2 is 1.93 bits per heavy atom. The molecule has 2 aromatic rings. The number of carbonyl (C=O) groups excluding carboxylic acids is 1. The number of hydrogen-bond donors (Lipinski definition) is 1. The van der Waals surface area contributed by atoms with Gasteiger partial charge in [-0.1, -0.05) is 18.2 Å². The van der Waals surface area contributed by atoms with E-state index in [9.17, 15) is 13.2 Å². The molecule has 1 amide bonds. The molecule has 27 heavy (non-hydrogen) atoms. The smallest absolute Gasteiger partial charge is 0.408 e. The third-order valence-electron chi connectivity index (χ3n) is 3.45. The number of nitrogens with zero attached hydrogens (tertiary/aromatic N) is 1. The van der Waals surface area contributed by atoms with Gasteiger partial charge in [0, 0.05) is 17.0 Å². The molecule has 0 spiro atoms. The van der Waals surface area contributed by atoms with Crippen LogP contribution in [0.4, 0.5) is 4.79 Å². The number of fused-ring (bicyclic) bond motifs is 1. The lowest BCUT2D eigenvalue weighted by Crippen LogP contribution is -2.37. The highest BCUT2D eigenvalue weighted by atomic mass is 32.2. The van der Waals surface area contributed by atoms with Crippen molar-refractivity contribution in [2.24, 2.45) is 0 Å². The molecular weight excluding hydrogens is 372 g/mol. The summed E-state index contributed by atoms with van der Waals surface area (Å²) in [5.41, 5.74) is 0.447. The van der Waals surface area contributed by atoms with Gasteiger partial charge in [-0.3, -0.25) is 4.18 Å². The second-order valence-electron chi connectivity index (χ2n) is 6.96. The van der Waals surface area contributed by atoms with Crippen LogP contribution in [0.15, 0.2) is 30.3 Å².